The molecule has 16 heavy (non-hydrogen) atoms. The molecule has 3 nitrogen and oxygen atoms in total. The number of ether oxygens (including phenoxy) is 1. The Morgan fingerprint density at radius 2 is 2.25 bits per heavy atom. The lowest BCUT2D eigenvalue weighted by Gasteiger charge is -2.47. The summed E-state index contributed by atoms with van der Waals surface area (Å²) in [5.41, 5.74) is 6.22. The maximum absolute atomic E-state index is 6.07. The van der Waals surface area contributed by atoms with Gasteiger partial charge in [-0.2, -0.15) is 0 Å². The Morgan fingerprint density at radius 1 is 1.44 bits per heavy atom. The van der Waals surface area contributed by atoms with Gasteiger partial charge in [0.05, 0.1) is 6.61 Å². The maximum Gasteiger partial charge on any atom is 0.0513 e. The molecule has 2 fully saturated rings. The van der Waals surface area contributed by atoms with E-state index in [0.29, 0.717) is 5.92 Å². The zero-order valence-electron chi connectivity index (χ0n) is 10.7. The van der Waals surface area contributed by atoms with Crippen LogP contribution < -0.4 is 5.73 Å². The van der Waals surface area contributed by atoms with Crippen molar-refractivity contribution in [3.05, 3.63) is 0 Å². The molecule has 2 aliphatic rings. The van der Waals surface area contributed by atoms with Gasteiger partial charge in [0.25, 0.3) is 0 Å². The molecule has 0 saturated carbocycles. The van der Waals surface area contributed by atoms with Gasteiger partial charge in [0.1, 0.15) is 0 Å². The van der Waals surface area contributed by atoms with Crippen LogP contribution in [0.3, 0.4) is 0 Å². The van der Waals surface area contributed by atoms with Crippen molar-refractivity contribution in [2.24, 2.45) is 17.6 Å². The number of rotatable bonds is 3. The lowest BCUT2D eigenvalue weighted by molar-refractivity contribution is 0.0157. The van der Waals surface area contributed by atoms with Crippen molar-refractivity contribution in [3.8, 4) is 0 Å². The van der Waals surface area contributed by atoms with Gasteiger partial charge in [0.15, 0.2) is 0 Å². The van der Waals surface area contributed by atoms with Crippen LogP contribution in [0.5, 0.6) is 0 Å². The summed E-state index contributed by atoms with van der Waals surface area (Å²) in [5, 5.41) is 0. The van der Waals surface area contributed by atoms with E-state index in [0.717, 1.165) is 25.7 Å². The van der Waals surface area contributed by atoms with Gasteiger partial charge in [-0.05, 0) is 38.6 Å². The van der Waals surface area contributed by atoms with Gasteiger partial charge in [-0.3, -0.25) is 4.90 Å². The first kappa shape index (κ1) is 12.3. The van der Waals surface area contributed by atoms with E-state index in [2.05, 4.69) is 18.7 Å². The van der Waals surface area contributed by atoms with Gasteiger partial charge in [0, 0.05) is 31.2 Å². The standard InChI is InChI=1S/C13H26N2O/c1-11-4-3-6-15(8-11)13(2,10-14)12-5-7-16-9-12/h11-12H,3-10,14H2,1-2H3. The molecule has 0 aliphatic carbocycles. The Labute approximate surface area is 99.3 Å². The fourth-order valence-electron chi connectivity index (χ4n) is 3.23. The summed E-state index contributed by atoms with van der Waals surface area (Å²) in [6.45, 7) is 9.70. The van der Waals surface area contributed by atoms with Crippen LogP contribution in [0.2, 0.25) is 0 Å². The van der Waals surface area contributed by atoms with Gasteiger partial charge in [-0.1, -0.05) is 6.92 Å². The second-order valence-corrected chi connectivity index (χ2v) is 5.82. The van der Waals surface area contributed by atoms with Crippen molar-refractivity contribution in [1.29, 1.82) is 0 Å². The molecule has 2 heterocycles. The number of piperidine rings is 1. The van der Waals surface area contributed by atoms with E-state index < -0.39 is 0 Å². The molecular weight excluding hydrogens is 200 g/mol. The summed E-state index contributed by atoms with van der Waals surface area (Å²) in [7, 11) is 0. The van der Waals surface area contributed by atoms with Crippen molar-refractivity contribution in [3.63, 3.8) is 0 Å². The minimum atomic E-state index is 0.158. The van der Waals surface area contributed by atoms with Crippen molar-refractivity contribution in [1.82, 2.24) is 4.90 Å². The van der Waals surface area contributed by atoms with Crippen LogP contribution in [0, 0.1) is 11.8 Å². The van der Waals surface area contributed by atoms with Crippen molar-refractivity contribution in [2.75, 3.05) is 32.8 Å². The molecule has 2 saturated heterocycles. The molecule has 0 aromatic heterocycles. The van der Waals surface area contributed by atoms with E-state index in [1.54, 1.807) is 0 Å². The van der Waals surface area contributed by atoms with Crippen molar-refractivity contribution >= 4 is 0 Å². The van der Waals surface area contributed by atoms with E-state index in [1.807, 2.05) is 0 Å². The molecule has 0 aromatic rings. The van der Waals surface area contributed by atoms with Crippen LogP contribution in [-0.2, 0) is 4.74 Å². The molecule has 0 bridgehead atoms. The second kappa shape index (κ2) is 5.03. The molecule has 3 atom stereocenters. The minimum Gasteiger partial charge on any atom is -0.381 e. The summed E-state index contributed by atoms with van der Waals surface area (Å²) in [6, 6.07) is 0. The summed E-state index contributed by atoms with van der Waals surface area (Å²) < 4.78 is 5.54. The second-order valence-electron chi connectivity index (χ2n) is 5.82. The number of hydrogen-bond acceptors (Lipinski definition) is 3. The lowest BCUT2D eigenvalue weighted by Crippen LogP contribution is -2.59. The molecule has 0 radical (unpaired) electrons. The number of hydrogen-bond donors (Lipinski definition) is 1. The third-order valence-corrected chi connectivity index (χ3v) is 4.60. The predicted molar refractivity (Wildman–Crippen MR) is 66.4 cm³/mol. The van der Waals surface area contributed by atoms with E-state index in [9.17, 15) is 0 Å². The summed E-state index contributed by atoms with van der Waals surface area (Å²) in [4.78, 5) is 2.63. The van der Waals surface area contributed by atoms with E-state index in [-0.39, 0.29) is 5.54 Å². The molecule has 94 valence electrons. The average Bonchev–Trinajstić information content (AvgIpc) is 2.82. The molecule has 3 heteroatoms. The molecule has 3 unspecified atom stereocenters. The Kier molecular flexibility index (Phi) is 3.88. The number of nitrogens with two attached hydrogens (primary N) is 1. The molecule has 0 aromatic carbocycles. The molecule has 2 rings (SSSR count). The van der Waals surface area contributed by atoms with Crippen LogP contribution in [0.25, 0.3) is 0 Å². The Balaban J connectivity index is 2.06. The quantitative estimate of drug-likeness (QED) is 0.792. The monoisotopic (exact) mass is 226 g/mol. The van der Waals surface area contributed by atoms with Crippen LogP contribution >= 0.6 is 0 Å². The van der Waals surface area contributed by atoms with Gasteiger partial charge in [-0.15, -0.1) is 0 Å². The van der Waals surface area contributed by atoms with E-state index >= 15 is 0 Å². The predicted octanol–water partition coefficient (Wildman–Crippen LogP) is 1.47. The highest BCUT2D eigenvalue weighted by molar-refractivity contribution is 4.96. The smallest absolute Gasteiger partial charge is 0.0513 e. The molecule has 2 N–H and O–H groups in total. The fraction of sp³-hybridized carbons (Fsp3) is 1.00. The fourth-order valence-corrected chi connectivity index (χ4v) is 3.23. The van der Waals surface area contributed by atoms with Crippen molar-refractivity contribution < 1.29 is 4.74 Å². The SMILES string of the molecule is CC1CCCN(C(C)(CN)C2CCOC2)C1. The summed E-state index contributed by atoms with van der Waals surface area (Å²) in [5.74, 6) is 1.45. The minimum absolute atomic E-state index is 0.158. The Hall–Kier alpha value is -0.120. The third kappa shape index (κ3) is 2.27. The number of likely N-dealkylation sites (tertiary alicyclic amines) is 1. The van der Waals surface area contributed by atoms with E-state index in [4.69, 9.17) is 10.5 Å². The average molecular weight is 226 g/mol. The van der Waals surface area contributed by atoms with Gasteiger partial charge < -0.3 is 10.5 Å². The molecule has 0 spiro atoms. The zero-order chi connectivity index (χ0) is 11.6. The molecule has 2 aliphatic heterocycles. The highest BCUT2D eigenvalue weighted by Gasteiger charge is 2.41. The summed E-state index contributed by atoms with van der Waals surface area (Å²) >= 11 is 0. The largest absolute Gasteiger partial charge is 0.381 e. The van der Waals surface area contributed by atoms with Gasteiger partial charge in [-0.25, -0.2) is 0 Å². The van der Waals surface area contributed by atoms with Crippen LogP contribution in [0.4, 0.5) is 0 Å². The zero-order valence-corrected chi connectivity index (χ0v) is 10.7. The first-order chi connectivity index (χ1) is 7.66. The van der Waals surface area contributed by atoms with Crippen LogP contribution in [0.1, 0.15) is 33.1 Å². The van der Waals surface area contributed by atoms with Crippen LogP contribution in [0.15, 0.2) is 0 Å². The first-order valence-corrected chi connectivity index (χ1v) is 6.69. The van der Waals surface area contributed by atoms with Crippen LogP contribution in [-0.4, -0.2) is 43.3 Å². The topological polar surface area (TPSA) is 38.5 Å². The van der Waals surface area contributed by atoms with Gasteiger partial charge in [0.2, 0.25) is 0 Å². The normalized spacial score (nSPS) is 36.2. The Bertz CT molecular complexity index is 228. The Morgan fingerprint density at radius 3 is 2.81 bits per heavy atom. The van der Waals surface area contributed by atoms with Crippen molar-refractivity contribution in [2.45, 2.75) is 38.6 Å². The van der Waals surface area contributed by atoms with Gasteiger partial charge >= 0.3 is 0 Å². The first-order valence-electron chi connectivity index (χ1n) is 6.69. The highest BCUT2D eigenvalue weighted by atomic mass is 16.5. The van der Waals surface area contributed by atoms with E-state index in [1.165, 1.54) is 32.4 Å². The lowest BCUT2D eigenvalue weighted by atomic mass is 9.81. The molecular formula is C13H26N2O. The third-order valence-electron chi connectivity index (χ3n) is 4.60. The summed E-state index contributed by atoms with van der Waals surface area (Å²) in [6.07, 6.45) is 3.88. The maximum atomic E-state index is 6.07. The highest BCUT2D eigenvalue weighted by Crippen LogP contribution is 2.33. The molecule has 0 amide bonds. The number of nitrogens with zero attached hydrogens (tertiary/aromatic N) is 1.